The molecule has 2 nitrogen and oxygen atoms in total. The van der Waals surface area contributed by atoms with Crippen molar-refractivity contribution in [1.82, 2.24) is 10.3 Å². The highest BCUT2D eigenvalue weighted by Crippen LogP contribution is 2.25. The van der Waals surface area contributed by atoms with Gasteiger partial charge < -0.3 is 5.32 Å². The summed E-state index contributed by atoms with van der Waals surface area (Å²) in [6, 6.07) is 0. The zero-order valence-corrected chi connectivity index (χ0v) is 6.74. The molecule has 0 radical (unpaired) electrons. The monoisotopic (exact) mass is 154 g/mol. The molecule has 0 saturated heterocycles. The summed E-state index contributed by atoms with van der Waals surface area (Å²) in [5.74, 6) is 0.663. The topological polar surface area (TPSA) is 24.9 Å². The molecular formula is C7H10N2S. The van der Waals surface area contributed by atoms with Crippen molar-refractivity contribution in [2.45, 2.75) is 19.4 Å². The van der Waals surface area contributed by atoms with Gasteiger partial charge in [0.05, 0.1) is 11.2 Å². The molecular weight excluding hydrogens is 144 g/mol. The van der Waals surface area contributed by atoms with Crippen LogP contribution in [0.2, 0.25) is 0 Å². The Bertz CT molecular complexity index is 231. The van der Waals surface area contributed by atoms with Gasteiger partial charge in [-0.3, -0.25) is 0 Å². The Morgan fingerprint density at radius 1 is 1.80 bits per heavy atom. The lowest BCUT2D eigenvalue weighted by Gasteiger charge is -2.17. The standard InChI is InChI=1S/C7H10N2S/c1-5-2-8-3-6-7(5)10-4-9-6/h4-5,8H,2-3H2,1H3. The van der Waals surface area contributed by atoms with Gasteiger partial charge >= 0.3 is 0 Å². The summed E-state index contributed by atoms with van der Waals surface area (Å²) < 4.78 is 0. The van der Waals surface area contributed by atoms with Crippen LogP contribution in [0.15, 0.2) is 5.51 Å². The van der Waals surface area contributed by atoms with Crippen LogP contribution in [-0.4, -0.2) is 11.5 Å². The van der Waals surface area contributed by atoms with E-state index < -0.39 is 0 Å². The van der Waals surface area contributed by atoms with Gasteiger partial charge in [0.25, 0.3) is 0 Å². The Kier molecular flexibility index (Phi) is 1.47. The Labute approximate surface area is 64.3 Å². The molecule has 0 aliphatic carbocycles. The predicted octanol–water partition coefficient (Wildman–Crippen LogP) is 1.35. The van der Waals surface area contributed by atoms with Crippen molar-refractivity contribution in [3.63, 3.8) is 0 Å². The first kappa shape index (κ1) is 6.31. The normalized spacial score (nSPS) is 24.3. The summed E-state index contributed by atoms with van der Waals surface area (Å²) in [4.78, 5) is 5.73. The van der Waals surface area contributed by atoms with Gasteiger partial charge in [0.1, 0.15) is 0 Å². The molecule has 54 valence electrons. The second-order valence-corrected chi connectivity index (χ2v) is 3.58. The molecule has 2 heterocycles. The van der Waals surface area contributed by atoms with E-state index in [4.69, 9.17) is 0 Å². The van der Waals surface area contributed by atoms with Crippen molar-refractivity contribution in [1.29, 1.82) is 0 Å². The number of rotatable bonds is 0. The molecule has 0 aromatic carbocycles. The predicted molar refractivity (Wildman–Crippen MR) is 42.2 cm³/mol. The highest BCUT2D eigenvalue weighted by molar-refractivity contribution is 7.09. The summed E-state index contributed by atoms with van der Waals surface area (Å²) in [5.41, 5.74) is 3.19. The van der Waals surface area contributed by atoms with Crippen molar-refractivity contribution in [3.05, 3.63) is 16.1 Å². The molecule has 1 aliphatic heterocycles. The van der Waals surface area contributed by atoms with Crippen molar-refractivity contribution in [2.75, 3.05) is 6.54 Å². The minimum atomic E-state index is 0.663. The van der Waals surface area contributed by atoms with E-state index in [9.17, 15) is 0 Å². The summed E-state index contributed by atoms with van der Waals surface area (Å²) >= 11 is 1.78. The molecule has 1 aromatic heterocycles. The van der Waals surface area contributed by atoms with Gasteiger partial charge in [-0.25, -0.2) is 4.98 Å². The first-order chi connectivity index (χ1) is 4.88. The average molecular weight is 154 g/mol. The number of nitrogens with zero attached hydrogens (tertiary/aromatic N) is 1. The van der Waals surface area contributed by atoms with Gasteiger partial charge in [0, 0.05) is 23.9 Å². The number of aromatic nitrogens is 1. The lowest BCUT2D eigenvalue weighted by Crippen LogP contribution is -2.25. The van der Waals surface area contributed by atoms with Crippen LogP contribution in [0.25, 0.3) is 0 Å². The number of nitrogens with one attached hydrogen (secondary N) is 1. The molecule has 0 amide bonds. The van der Waals surface area contributed by atoms with Crippen molar-refractivity contribution < 1.29 is 0 Å². The summed E-state index contributed by atoms with van der Waals surface area (Å²) in [6.45, 7) is 4.31. The van der Waals surface area contributed by atoms with Crippen LogP contribution in [0.4, 0.5) is 0 Å². The number of hydrogen-bond acceptors (Lipinski definition) is 3. The molecule has 10 heavy (non-hydrogen) atoms. The maximum absolute atomic E-state index is 4.26. The van der Waals surface area contributed by atoms with E-state index in [0.717, 1.165) is 13.1 Å². The van der Waals surface area contributed by atoms with Crippen molar-refractivity contribution in [2.24, 2.45) is 0 Å². The van der Waals surface area contributed by atoms with Gasteiger partial charge in [-0.05, 0) is 0 Å². The Morgan fingerprint density at radius 2 is 2.70 bits per heavy atom. The molecule has 0 fully saturated rings. The van der Waals surface area contributed by atoms with Gasteiger partial charge in [0.2, 0.25) is 0 Å². The van der Waals surface area contributed by atoms with Gasteiger partial charge in [-0.15, -0.1) is 11.3 Å². The molecule has 1 atom stereocenters. The van der Waals surface area contributed by atoms with Gasteiger partial charge in [-0.2, -0.15) is 0 Å². The highest BCUT2D eigenvalue weighted by atomic mass is 32.1. The molecule has 0 spiro atoms. The number of thiazole rings is 1. The summed E-state index contributed by atoms with van der Waals surface area (Å²) in [7, 11) is 0. The fourth-order valence-corrected chi connectivity index (χ4v) is 2.18. The van der Waals surface area contributed by atoms with Crippen LogP contribution in [0, 0.1) is 0 Å². The minimum Gasteiger partial charge on any atom is -0.311 e. The van der Waals surface area contributed by atoms with E-state index in [1.165, 1.54) is 10.6 Å². The average Bonchev–Trinajstić information content (AvgIpc) is 2.36. The summed E-state index contributed by atoms with van der Waals surface area (Å²) in [6.07, 6.45) is 0. The van der Waals surface area contributed by atoms with Crippen LogP contribution in [-0.2, 0) is 6.54 Å². The fraction of sp³-hybridized carbons (Fsp3) is 0.571. The van der Waals surface area contributed by atoms with E-state index in [2.05, 4.69) is 17.2 Å². The minimum absolute atomic E-state index is 0.663. The largest absolute Gasteiger partial charge is 0.311 e. The molecule has 0 bridgehead atoms. The lowest BCUT2D eigenvalue weighted by molar-refractivity contribution is 0.571. The van der Waals surface area contributed by atoms with Crippen LogP contribution in [0.1, 0.15) is 23.4 Å². The van der Waals surface area contributed by atoms with Crippen molar-refractivity contribution >= 4 is 11.3 Å². The van der Waals surface area contributed by atoms with E-state index in [-0.39, 0.29) is 0 Å². The molecule has 3 heteroatoms. The summed E-state index contributed by atoms with van der Waals surface area (Å²) in [5, 5.41) is 3.32. The Morgan fingerprint density at radius 3 is 3.50 bits per heavy atom. The smallest absolute Gasteiger partial charge is 0.0798 e. The third-order valence-electron chi connectivity index (χ3n) is 1.86. The van der Waals surface area contributed by atoms with Gasteiger partial charge in [-0.1, -0.05) is 6.92 Å². The van der Waals surface area contributed by atoms with Crippen molar-refractivity contribution in [3.8, 4) is 0 Å². The fourth-order valence-electron chi connectivity index (χ4n) is 1.31. The Hall–Kier alpha value is -0.410. The van der Waals surface area contributed by atoms with Crippen LogP contribution < -0.4 is 5.32 Å². The quantitative estimate of drug-likeness (QED) is 0.610. The molecule has 2 rings (SSSR count). The number of hydrogen-bond donors (Lipinski definition) is 1. The zero-order chi connectivity index (χ0) is 6.97. The second kappa shape index (κ2) is 2.32. The molecule has 1 N–H and O–H groups in total. The first-order valence-electron chi connectivity index (χ1n) is 3.51. The lowest BCUT2D eigenvalue weighted by atomic mass is 10.1. The Balaban J connectivity index is 2.41. The van der Waals surface area contributed by atoms with Crippen LogP contribution in [0.5, 0.6) is 0 Å². The van der Waals surface area contributed by atoms with Crippen LogP contribution >= 0.6 is 11.3 Å². The van der Waals surface area contributed by atoms with E-state index >= 15 is 0 Å². The zero-order valence-electron chi connectivity index (χ0n) is 5.92. The first-order valence-corrected chi connectivity index (χ1v) is 4.39. The third-order valence-corrected chi connectivity index (χ3v) is 2.97. The molecule has 1 aliphatic rings. The SMILES string of the molecule is CC1CNCc2ncsc21. The van der Waals surface area contributed by atoms with E-state index in [0.29, 0.717) is 5.92 Å². The third kappa shape index (κ3) is 0.859. The second-order valence-electron chi connectivity index (χ2n) is 2.70. The highest BCUT2D eigenvalue weighted by Gasteiger charge is 2.17. The van der Waals surface area contributed by atoms with E-state index in [1.807, 2.05) is 5.51 Å². The maximum Gasteiger partial charge on any atom is 0.0798 e. The number of fused-ring (bicyclic) bond motifs is 1. The molecule has 1 unspecified atom stereocenters. The van der Waals surface area contributed by atoms with Gasteiger partial charge in [0.15, 0.2) is 0 Å². The molecule has 0 saturated carbocycles. The van der Waals surface area contributed by atoms with E-state index in [1.54, 1.807) is 11.3 Å². The maximum atomic E-state index is 4.26. The van der Waals surface area contributed by atoms with Crippen LogP contribution in [0.3, 0.4) is 0 Å². The molecule has 1 aromatic rings.